The van der Waals surface area contributed by atoms with Crippen LogP contribution >= 0.6 is 0 Å². The van der Waals surface area contributed by atoms with E-state index in [9.17, 15) is 14.4 Å². The van der Waals surface area contributed by atoms with Crippen LogP contribution in [0.25, 0.3) is 11.1 Å². The molecule has 0 spiro atoms. The highest BCUT2D eigenvalue weighted by molar-refractivity contribution is 6.12. The van der Waals surface area contributed by atoms with E-state index in [2.05, 4.69) is 40.8 Å². The molecule has 8 nitrogen and oxygen atoms in total. The van der Waals surface area contributed by atoms with E-state index in [-0.39, 0.29) is 34.5 Å². The summed E-state index contributed by atoms with van der Waals surface area (Å²) in [5, 5.41) is 31.4. The number of carbonyl (C=O) groups excluding carboxylic acids is 2. The molecule has 2 aromatic rings. The van der Waals surface area contributed by atoms with Crippen molar-refractivity contribution in [2.75, 3.05) is 10.6 Å². The van der Waals surface area contributed by atoms with E-state index < -0.39 is 24.2 Å². The Labute approximate surface area is 201 Å². The van der Waals surface area contributed by atoms with Crippen molar-refractivity contribution in [2.24, 2.45) is 0 Å². The number of nitriles is 2. The summed E-state index contributed by atoms with van der Waals surface area (Å²) in [4.78, 5) is 35.8. The van der Waals surface area contributed by atoms with E-state index >= 15 is 0 Å². The number of ketones is 1. The number of amides is 2. The Hall–Kier alpha value is -5.39. The number of nitrogens with one attached hydrogen (secondary N) is 2. The summed E-state index contributed by atoms with van der Waals surface area (Å²) in [5.74, 6) is 1.10. The van der Waals surface area contributed by atoms with Crippen LogP contribution in [-0.2, 0) is 11.2 Å². The standard InChI is InChI=1S/C21H14N4O4.C6H4/c1-2-15-8-13(6-7-22)10-17(24-21(28)29)20(15)25-19(27)11-18(26)16-5-3-4-14(9-16)12-23;1-2-6-4-3-5(1)6/h1,3-5,8-10,24H,6,11H2,(H,25,27)(H,28,29);1-4H. The molecule has 2 aromatic carbocycles. The molecular weight excluding hydrogens is 444 g/mol. The maximum atomic E-state index is 12.4. The van der Waals surface area contributed by atoms with Crippen LogP contribution in [0.1, 0.15) is 33.5 Å². The van der Waals surface area contributed by atoms with Crippen molar-refractivity contribution in [3.05, 3.63) is 82.9 Å². The Morgan fingerprint density at radius 3 is 2.14 bits per heavy atom. The van der Waals surface area contributed by atoms with Crippen molar-refractivity contribution in [1.82, 2.24) is 0 Å². The summed E-state index contributed by atoms with van der Waals surface area (Å²) < 4.78 is 0. The van der Waals surface area contributed by atoms with Gasteiger partial charge in [0.05, 0.1) is 47.5 Å². The third kappa shape index (κ3) is 6.10. The molecule has 2 aliphatic rings. The summed E-state index contributed by atoms with van der Waals surface area (Å²) in [7, 11) is 0. The predicted octanol–water partition coefficient (Wildman–Crippen LogP) is 4.57. The molecule has 0 unspecified atom stereocenters. The monoisotopic (exact) mass is 462 g/mol. The van der Waals surface area contributed by atoms with Gasteiger partial charge in [-0.15, -0.1) is 6.42 Å². The normalized spacial score (nSPS) is 9.74. The smallest absolute Gasteiger partial charge is 0.409 e. The number of hydrogen-bond donors (Lipinski definition) is 3. The second-order valence-corrected chi connectivity index (χ2v) is 7.39. The van der Waals surface area contributed by atoms with Gasteiger partial charge in [-0.05, 0) is 41.0 Å². The summed E-state index contributed by atoms with van der Waals surface area (Å²) in [5.41, 5.74) is 3.97. The minimum Gasteiger partial charge on any atom is -0.465 e. The summed E-state index contributed by atoms with van der Waals surface area (Å²) in [6.45, 7) is 0. The molecule has 4 rings (SSSR count). The first-order valence-corrected chi connectivity index (χ1v) is 10.3. The Morgan fingerprint density at radius 2 is 1.63 bits per heavy atom. The molecule has 35 heavy (non-hydrogen) atoms. The molecule has 0 aromatic heterocycles. The molecule has 0 heterocycles. The van der Waals surface area contributed by atoms with E-state index in [0.717, 1.165) is 0 Å². The number of nitrogens with zero attached hydrogens (tertiary/aromatic N) is 2. The number of benzene rings is 3. The lowest BCUT2D eigenvalue weighted by Crippen LogP contribution is -2.19. The van der Waals surface area contributed by atoms with Crippen molar-refractivity contribution in [3.8, 4) is 35.6 Å². The van der Waals surface area contributed by atoms with Gasteiger partial charge in [0.2, 0.25) is 5.91 Å². The largest absolute Gasteiger partial charge is 0.465 e. The fourth-order valence-electron chi connectivity index (χ4n) is 3.21. The van der Waals surface area contributed by atoms with E-state index in [1.807, 2.05) is 12.1 Å². The number of Topliss-reactive ketones (excluding diaryl/α,β-unsaturated/α-hetero) is 1. The van der Waals surface area contributed by atoms with E-state index in [1.54, 1.807) is 0 Å². The maximum absolute atomic E-state index is 12.4. The predicted molar refractivity (Wildman–Crippen MR) is 130 cm³/mol. The summed E-state index contributed by atoms with van der Waals surface area (Å²) in [6.07, 6.45) is 3.53. The second-order valence-electron chi connectivity index (χ2n) is 7.39. The van der Waals surface area contributed by atoms with Gasteiger partial charge >= 0.3 is 6.09 Å². The van der Waals surface area contributed by atoms with Gasteiger partial charge in [-0.1, -0.05) is 42.3 Å². The zero-order chi connectivity index (χ0) is 25.4. The zero-order valence-corrected chi connectivity index (χ0v) is 18.3. The molecule has 0 saturated heterocycles. The molecule has 0 aliphatic heterocycles. The Morgan fingerprint density at radius 1 is 0.943 bits per heavy atom. The molecule has 2 aliphatic carbocycles. The third-order valence-electron chi connectivity index (χ3n) is 5.00. The average Bonchev–Trinajstić information content (AvgIpc) is 2.82. The van der Waals surface area contributed by atoms with Crippen molar-refractivity contribution in [3.63, 3.8) is 0 Å². The number of carboxylic acid groups (broad SMARTS) is 1. The van der Waals surface area contributed by atoms with Crippen LogP contribution in [0.3, 0.4) is 0 Å². The summed E-state index contributed by atoms with van der Waals surface area (Å²) in [6, 6.07) is 21.1. The van der Waals surface area contributed by atoms with Gasteiger partial charge in [-0.25, -0.2) is 4.79 Å². The highest BCUT2D eigenvalue weighted by Crippen LogP contribution is 2.30. The van der Waals surface area contributed by atoms with Crippen molar-refractivity contribution < 1.29 is 19.5 Å². The number of terminal acetylenes is 1. The molecular formula is C27H18N4O4. The van der Waals surface area contributed by atoms with Crippen molar-refractivity contribution in [1.29, 1.82) is 10.5 Å². The topological polar surface area (TPSA) is 143 Å². The van der Waals surface area contributed by atoms with Crippen LogP contribution in [0.4, 0.5) is 16.2 Å². The van der Waals surface area contributed by atoms with Gasteiger partial charge in [0.15, 0.2) is 5.78 Å². The first kappa shape index (κ1) is 24.3. The van der Waals surface area contributed by atoms with Gasteiger partial charge in [0, 0.05) is 5.56 Å². The van der Waals surface area contributed by atoms with Gasteiger partial charge in [-0.2, -0.15) is 10.5 Å². The van der Waals surface area contributed by atoms with E-state index in [1.165, 1.54) is 47.5 Å². The van der Waals surface area contributed by atoms with Crippen LogP contribution in [0.5, 0.6) is 0 Å². The number of fused-ring (bicyclic) bond motifs is 1. The lowest BCUT2D eigenvalue weighted by molar-refractivity contribution is -0.115. The maximum Gasteiger partial charge on any atom is 0.409 e. The first-order chi connectivity index (χ1) is 16.8. The van der Waals surface area contributed by atoms with Gasteiger partial charge in [0.1, 0.15) is 0 Å². The Balaban J connectivity index is 0.000000485. The molecule has 3 N–H and O–H groups in total. The van der Waals surface area contributed by atoms with Crippen LogP contribution in [0.2, 0.25) is 0 Å². The molecule has 0 radical (unpaired) electrons. The Bertz CT molecular complexity index is 1420. The lowest BCUT2D eigenvalue weighted by Gasteiger charge is -2.14. The molecule has 0 bridgehead atoms. The van der Waals surface area contributed by atoms with Gasteiger partial charge in [0.25, 0.3) is 0 Å². The third-order valence-corrected chi connectivity index (χ3v) is 5.00. The zero-order valence-electron chi connectivity index (χ0n) is 18.3. The fourth-order valence-corrected chi connectivity index (χ4v) is 3.21. The fraction of sp³-hybridized carbons (Fsp3) is 0.0741. The van der Waals surface area contributed by atoms with Crippen LogP contribution in [0, 0.1) is 35.0 Å². The molecule has 0 fully saturated rings. The SMILES string of the molecule is C#Cc1cc(CC#N)cc(NC(=O)O)c1NC(=O)CC(=O)c1cccc(C#N)c1.c1cc2ccc1-2. The van der Waals surface area contributed by atoms with Crippen molar-refractivity contribution >= 4 is 29.2 Å². The lowest BCUT2D eigenvalue weighted by atomic mass is 9.95. The summed E-state index contributed by atoms with van der Waals surface area (Å²) >= 11 is 0. The minimum atomic E-state index is -1.39. The minimum absolute atomic E-state index is 0.00882. The van der Waals surface area contributed by atoms with Crippen LogP contribution < -0.4 is 10.6 Å². The average molecular weight is 462 g/mol. The van der Waals surface area contributed by atoms with E-state index in [4.69, 9.17) is 22.1 Å². The van der Waals surface area contributed by atoms with Crippen LogP contribution in [0.15, 0.2) is 60.7 Å². The highest BCUT2D eigenvalue weighted by atomic mass is 16.4. The quantitative estimate of drug-likeness (QED) is 0.217. The molecule has 0 saturated carbocycles. The number of hydrogen-bond acceptors (Lipinski definition) is 5. The van der Waals surface area contributed by atoms with Gasteiger partial charge in [-0.3, -0.25) is 14.9 Å². The Kier molecular flexibility index (Phi) is 7.60. The first-order valence-electron chi connectivity index (χ1n) is 10.3. The van der Waals surface area contributed by atoms with E-state index in [0.29, 0.717) is 5.56 Å². The van der Waals surface area contributed by atoms with Crippen LogP contribution in [-0.4, -0.2) is 22.9 Å². The number of carbonyl (C=O) groups is 3. The number of rotatable bonds is 6. The molecule has 0 atom stereocenters. The van der Waals surface area contributed by atoms with Gasteiger partial charge < -0.3 is 10.4 Å². The molecule has 170 valence electrons. The van der Waals surface area contributed by atoms with Crippen molar-refractivity contribution in [2.45, 2.75) is 12.8 Å². The second kappa shape index (κ2) is 11.0. The number of anilines is 2. The highest BCUT2D eigenvalue weighted by Gasteiger charge is 2.18. The molecule has 8 heteroatoms. The molecule has 2 amide bonds.